The first-order valence-corrected chi connectivity index (χ1v) is 5.40. The van der Waals surface area contributed by atoms with E-state index in [0.29, 0.717) is 0 Å². The molecule has 1 heterocycles. The number of aryl methyl sites for hydroxylation is 2. The molecule has 16 heavy (non-hydrogen) atoms. The molecule has 0 fully saturated rings. The Balaban J connectivity index is 1.89. The van der Waals surface area contributed by atoms with Crippen molar-refractivity contribution in [2.45, 2.75) is 13.3 Å². The first-order chi connectivity index (χ1) is 7.77. The van der Waals surface area contributed by atoms with Crippen LogP contribution in [0.3, 0.4) is 0 Å². The molecule has 0 spiro atoms. The van der Waals surface area contributed by atoms with E-state index in [1.165, 1.54) is 11.3 Å². The number of anilines is 1. The van der Waals surface area contributed by atoms with Crippen molar-refractivity contribution in [3.8, 4) is 0 Å². The van der Waals surface area contributed by atoms with Crippen molar-refractivity contribution in [2.24, 2.45) is 7.05 Å². The van der Waals surface area contributed by atoms with Crippen LogP contribution in [0.15, 0.2) is 30.6 Å². The summed E-state index contributed by atoms with van der Waals surface area (Å²) in [6.45, 7) is 2.97. The molecule has 4 nitrogen and oxygen atoms in total. The highest BCUT2D eigenvalue weighted by Crippen LogP contribution is 2.12. The highest BCUT2D eigenvalue weighted by molar-refractivity contribution is 5.50. The summed E-state index contributed by atoms with van der Waals surface area (Å²) >= 11 is 0. The van der Waals surface area contributed by atoms with Gasteiger partial charge in [-0.05, 0) is 18.6 Å². The zero-order valence-electron chi connectivity index (χ0n) is 9.64. The van der Waals surface area contributed by atoms with Crippen molar-refractivity contribution in [2.75, 3.05) is 11.9 Å². The largest absolute Gasteiger partial charge is 0.384 e. The summed E-state index contributed by atoms with van der Waals surface area (Å²) in [5, 5.41) is 7.43. The maximum atomic E-state index is 4.18. The summed E-state index contributed by atoms with van der Waals surface area (Å²) < 4.78 is 1.81. The summed E-state index contributed by atoms with van der Waals surface area (Å²) in [6, 6.07) is 8.28. The van der Waals surface area contributed by atoms with Crippen LogP contribution in [0.5, 0.6) is 0 Å². The topological polar surface area (TPSA) is 42.7 Å². The molecule has 0 saturated heterocycles. The number of hydrogen-bond donors (Lipinski definition) is 1. The first-order valence-electron chi connectivity index (χ1n) is 5.40. The summed E-state index contributed by atoms with van der Waals surface area (Å²) in [7, 11) is 1.91. The lowest BCUT2D eigenvalue weighted by Gasteiger charge is -2.08. The van der Waals surface area contributed by atoms with Gasteiger partial charge in [0.25, 0.3) is 0 Å². The molecule has 2 rings (SSSR count). The number of aromatic nitrogens is 3. The molecule has 0 amide bonds. The molecule has 2 aromatic rings. The highest BCUT2D eigenvalue weighted by Gasteiger charge is 2.00. The molecule has 0 atom stereocenters. The molecule has 0 aliphatic rings. The van der Waals surface area contributed by atoms with Crippen LogP contribution in [0.2, 0.25) is 0 Å². The van der Waals surface area contributed by atoms with E-state index in [1.54, 1.807) is 11.0 Å². The zero-order valence-corrected chi connectivity index (χ0v) is 9.64. The van der Waals surface area contributed by atoms with E-state index in [0.717, 1.165) is 18.8 Å². The predicted molar refractivity (Wildman–Crippen MR) is 64.4 cm³/mol. The van der Waals surface area contributed by atoms with Gasteiger partial charge in [-0.25, -0.2) is 4.98 Å². The van der Waals surface area contributed by atoms with Crippen LogP contribution >= 0.6 is 0 Å². The second-order valence-corrected chi connectivity index (χ2v) is 3.79. The van der Waals surface area contributed by atoms with Crippen molar-refractivity contribution in [1.29, 1.82) is 0 Å². The Morgan fingerprint density at radius 3 is 2.81 bits per heavy atom. The molecule has 84 valence electrons. The number of nitrogens with one attached hydrogen (secondary N) is 1. The standard InChI is InChI=1S/C12H16N4/c1-10-5-3-4-6-11(10)13-8-7-12-14-9-15-16(12)2/h3-6,9,13H,7-8H2,1-2H3. The van der Waals surface area contributed by atoms with Crippen LogP contribution in [-0.2, 0) is 13.5 Å². The van der Waals surface area contributed by atoms with Gasteiger partial charge >= 0.3 is 0 Å². The molecule has 0 aliphatic heterocycles. The Hall–Kier alpha value is -1.84. The minimum atomic E-state index is 0.872. The van der Waals surface area contributed by atoms with E-state index in [2.05, 4.69) is 34.5 Å². The summed E-state index contributed by atoms with van der Waals surface area (Å²) in [6.07, 6.45) is 2.47. The van der Waals surface area contributed by atoms with Crippen molar-refractivity contribution in [3.05, 3.63) is 42.0 Å². The van der Waals surface area contributed by atoms with Gasteiger partial charge < -0.3 is 5.32 Å². The third-order valence-electron chi connectivity index (χ3n) is 2.61. The lowest BCUT2D eigenvalue weighted by Crippen LogP contribution is -2.09. The van der Waals surface area contributed by atoms with Crippen molar-refractivity contribution in [3.63, 3.8) is 0 Å². The summed E-state index contributed by atoms with van der Waals surface area (Å²) in [4.78, 5) is 4.18. The number of hydrogen-bond acceptors (Lipinski definition) is 3. The third-order valence-corrected chi connectivity index (χ3v) is 2.61. The van der Waals surface area contributed by atoms with Gasteiger partial charge in [-0.3, -0.25) is 4.68 Å². The first kappa shape index (κ1) is 10.7. The van der Waals surface area contributed by atoms with Gasteiger partial charge in [0.05, 0.1) is 0 Å². The lowest BCUT2D eigenvalue weighted by atomic mass is 10.2. The average molecular weight is 216 g/mol. The molecule has 1 aromatic heterocycles. The Bertz CT molecular complexity index is 462. The van der Waals surface area contributed by atoms with Crippen LogP contribution in [0.1, 0.15) is 11.4 Å². The third kappa shape index (κ3) is 2.39. The van der Waals surface area contributed by atoms with Gasteiger partial charge in [-0.15, -0.1) is 0 Å². The Morgan fingerprint density at radius 2 is 2.12 bits per heavy atom. The van der Waals surface area contributed by atoms with E-state index in [4.69, 9.17) is 0 Å². The van der Waals surface area contributed by atoms with Gasteiger partial charge in [0.2, 0.25) is 0 Å². The predicted octanol–water partition coefficient (Wildman–Crippen LogP) is 1.78. The molecule has 0 bridgehead atoms. The van der Waals surface area contributed by atoms with E-state index in [1.807, 2.05) is 19.2 Å². The monoisotopic (exact) mass is 216 g/mol. The lowest BCUT2D eigenvalue weighted by molar-refractivity contribution is 0.701. The normalized spacial score (nSPS) is 10.4. The summed E-state index contributed by atoms with van der Waals surface area (Å²) in [5.41, 5.74) is 2.45. The fourth-order valence-electron chi connectivity index (χ4n) is 1.63. The second-order valence-electron chi connectivity index (χ2n) is 3.79. The molecular weight excluding hydrogens is 200 g/mol. The van der Waals surface area contributed by atoms with Crippen molar-refractivity contribution >= 4 is 5.69 Å². The highest BCUT2D eigenvalue weighted by atomic mass is 15.3. The Labute approximate surface area is 95.3 Å². The summed E-state index contributed by atoms with van der Waals surface area (Å²) in [5.74, 6) is 1.00. The van der Waals surface area contributed by atoms with Crippen LogP contribution in [0.25, 0.3) is 0 Å². The van der Waals surface area contributed by atoms with E-state index in [-0.39, 0.29) is 0 Å². The van der Waals surface area contributed by atoms with Gasteiger partial charge in [-0.1, -0.05) is 18.2 Å². The Kier molecular flexibility index (Phi) is 3.19. The number of rotatable bonds is 4. The van der Waals surface area contributed by atoms with Gasteiger partial charge in [0.1, 0.15) is 12.2 Å². The van der Waals surface area contributed by atoms with Crippen molar-refractivity contribution < 1.29 is 0 Å². The molecule has 1 aromatic carbocycles. The second kappa shape index (κ2) is 4.79. The quantitative estimate of drug-likeness (QED) is 0.847. The molecule has 0 saturated carbocycles. The SMILES string of the molecule is Cc1ccccc1NCCc1ncnn1C. The van der Waals surface area contributed by atoms with Crippen LogP contribution in [-0.4, -0.2) is 21.3 Å². The van der Waals surface area contributed by atoms with Crippen LogP contribution in [0, 0.1) is 6.92 Å². The fraction of sp³-hybridized carbons (Fsp3) is 0.333. The zero-order chi connectivity index (χ0) is 11.4. The smallest absolute Gasteiger partial charge is 0.138 e. The molecule has 0 radical (unpaired) electrons. The Morgan fingerprint density at radius 1 is 1.31 bits per heavy atom. The van der Waals surface area contributed by atoms with E-state index < -0.39 is 0 Å². The van der Waals surface area contributed by atoms with Gasteiger partial charge in [-0.2, -0.15) is 5.10 Å². The maximum absolute atomic E-state index is 4.18. The minimum Gasteiger partial charge on any atom is -0.384 e. The van der Waals surface area contributed by atoms with Crippen molar-refractivity contribution in [1.82, 2.24) is 14.8 Å². The number of nitrogens with zero attached hydrogens (tertiary/aromatic N) is 3. The van der Waals surface area contributed by atoms with Crippen LogP contribution < -0.4 is 5.32 Å². The van der Waals surface area contributed by atoms with E-state index >= 15 is 0 Å². The number of para-hydroxylation sites is 1. The fourth-order valence-corrected chi connectivity index (χ4v) is 1.63. The molecule has 0 unspecified atom stereocenters. The van der Waals surface area contributed by atoms with Gasteiger partial charge in [0, 0.05) is 25.7 Å². The average Bonchev–Trinajstić information content (AvgIpc) is 2.67. The van der Waals surface area contributed by atoms with E-state index in [9.17, 15) is 0 Å². The molecule has 1 N–H and O–H groups in total. The van der Waals surface area contributed by atoms with Crippen LogP contribution in [0.4, 0.5) is 5.69 Å². The maximum Gasteiger partial charge on any atom is 0.138 e. The number of benzene rings is 1. The van der Waals surface area contributed by atoms with Gasteiger partial charge in [0.15, 0.2) is 0 Å². The molecule has 4 heteroatoms. The molecule has 0 aliphatic carbocycles. The molecular formula is C12H16N4. The minimum absolute atomic E-state index is 0.872.